The van der Waals surface area contributed by atoms with Gasteiger partial charge in [0.25, 0.3) is 0 Å². The van der Waals surface area contributed by atoms with E-state index in [-0.39, 0.29) is 6.04 Å². The number of hydrogen-bond acceptors (Lipinski definition) is 4. The van der Waals surface area contributed by atoms with Crippen molar-refractivity contribution in [3.05, 3.63) is 0 Å². The molecule has 0 aromatic heterocycles. The molecule has 1 saturated carbocycles. The lowest BCUT2D eigenvalue weighted by Gasteiger charge is -2.29. The maximum absolute atomic E-state index is 10.1. The summed E-state index contributed by atoms with van der Waals surface area (Å²) in [6.45, 7) is 2.64. The second-order valence-corrected chi connectivity index (χ2v) is 3.98. The van der Waals surface area contributed by atoms with Crippen LogP contribution in [0.2, 0.25) is 0 Å². The van der Waals surface area contributed by atoms with E-state index in [1.54, 1.807) is 12.2 Å². The van der Waals surface area contributed by atoms with E-state index in [4.69, 9.17) is 0 Å². The molecule has 14 heavy (non-hydrogen) atoms. The number of rotatable bonds is 3. The quantitative estimate of drug-likeness (QED) is 0.504. The van der Waals surface area contributed by atoms with Crippen LogP contribution in [0.3, 0.4) is 0 Å². The van der Waals surface area contributed by atoms with Crippen LogP contribution in [-0.4, -0.2) is 24.7 Å². The van der Waals surface area contributed by atoms with Gasteiger partial charge in [0.15, 0.2) is 0 Å². The van der Waals surface area contributed by atoms with E-state index >= 15 is 0 Å². The van der Waals surface area contributed by atoms with Crippen LogP contribution in [0.5, 0.6) is 0 Å². The number of nitrogens with zero attached hydrogens (tertiary/aromatic N) is 2. The Morgan fingerprint density at radius 2 is 2.00 bits per heavy atom. The average Bonchev–Trinajstić information content (AvgIpc) is 2.14. The molecule has 0 spiro atoms. The second-order valence-electron chi connectivity index (χ2n) is 3.98. The molecule has 3 unspecified atom stereocenters. The van der Waals surface area contributed by atoms with E-state index in [1.165, 1.54) is 0 Å². The number of carbonyl (C=O) groups excluding carboxylic acids is 2. The fourth-order valence-corrected chi connectivity index (χ4v) is 2.20. The fraction of sp³-hybridized carbons (Fsp3) is 0.800. The SMILES string of the molecule is CC1CC(CN=C=O)CC(N=C=O)C1. The minimum absolute atomic E-state index is 0.0723. The Morgan fingerprint density at radius 1 is 1.21 bits per heavy atom. The molecule has 1 fully saturated rings. The van der Waals surface area contributed by atoms with Gasteiger partial charge < -0.3 is 0 Å². The zero-order chi connectivity index (χ0) is 10.4. The molecule has 3 atom stereocenters. The van der Waals surface area contributed by atoms with Crippen molar-refractivity contribution in [2.75, 3.05) is 6.54 Å². The highest BCUT2D eigenvalue weighted by atomic mass is 16.1. The molecule has 4 nitrogen and oxygen atoms in total. The summed E-state index contributed by atoms with van der Waals surface area (Å²) in [4.78, 5) is 27.4. The lowest BCUT2D eigenvalue weighted by Crippen LogP contribution is -2.25. The number of hydrogen-bond donors (Lipinski definition) is 0. The minimum atomic E-state index is 0.0723. The molecule has 0 bridgehead atoms. The van der Waals surface area contributed by atoms with E-state index in [2.05, 4.69) is 16.9 Å². The van der Waals surface area contributed by atoms with Gasteiger partial charge >= 0.3 is 0 Å². The van der Waals surface area contributed by atoms with Crippen molar-refractivity contribution in [2.45, 2.75) is 32.2 Å². The third-order valence-electron chi connectivity index (χ3n) is 2.66. The largest absolute Gasteiger partial charge is 0.235 e. The zero-order valence-electron chi connectivity index (χ0n) is 8.27. The zero-order valence-corrected chi connectivity index (χ0v) is 8.27. The summed E-state index contributed by atoms with van der Waals surface area (Å²) in [5, 5.41) is 0. The Morgan fingerprint density at radius 3 is 2.64 bits per heavy atom. The molecule has 0 aliphatic heterocycles. The normalized spacial score (nSPS) is 31.4. The molecule has 1 rings (SSSR count). The third-order valence-corrected chi connectivity index (χ3v) is 2.66. The smallest absolute Gasteiger partial charge is 0.211 e. The Hall–Kier alpha value is -1.24. The summed E-state index contributed by atoms with van der Waals surface area (Å²) in [6, 6.07) is 0.0723. The van der Waals surface area contributed by atoms with Crippen molar-refractivity contribution in [1.29, 1.82) is 0 Å². The average molecular weight is 194 g/mol. The summed E-state index contributed by atoms with van der Waals surface area (Å²) in [7, 11) is 0. The molecule has 4 heteroatoms. The molecule has 76 valence electrons. The monoisotopic (exact) mass is 194 g/mol. The lowest BCUT2D eigenvalue weighted by atomic mass is 9.80. The van der Waals surface area contributed by atoms with Gasteiger partial charge in [0, 0.05) is 0 Å². The predicted molar refractivity (Wildman–Crippen MR) is 51.4 cm³/mol. The summed E-state index contributed by atoms with van der Waals surface area (Å²) >= 11 is 0. The third kappa shape index (κ3) is 3.25. The van der Waals surface area contributed by atoms with Crippen molar-refractivity contribution in [2.24, 2.45) is 21.8 Å². The highest BCUT2D eigenvalue weighted by Crippen LogP contribution is 2.30. The van der Waals surface area contributed by atoms with Gasteiger partial charge in [0.05, 0.1) is 12.6 Å². The van der Waals surface area contributed by atoms with Gasteiger partial charge in [-0.15, -0.1) is 0 Å². The Kier molecular flexibility index (Phi) is 4.24. The Balaban J connectivity index is 2.52. The van der Waals surface area contributed by atoms with Gasteiger partial charge in [-0.2, -0.15) is 0 Å². The van der Waals surface area contributed by atoms with Crippen LogP contribution in [0.25, 0.3) is 0 Å². The van der Waals surface area contributed by atoms with Crippen molar-refractivity contribution < 1.29 is 9.59 Å². The van der Waals surface area contributed by atoms with Crippen LogP contribution in [0, 0.1) is 11.8 Å². The van der Waals surface area contributed by atoms with Gasteiger partial charge in [-0.05, 0) is 31.1 Å². The van der Waals surface area contributed by atoms with Gasteiger partial charge in [0.2, 0.25) is 12.2 Å². The fourth-order valence-electron chi connectivity index (χ4n) is 2.20. The van der Waals surface area contributed by atoms with Crippen molar-refractivity contribution in [3.63, 3.8) is 0 Å². The molecule has 0 radical (unpaired) electrons. The summed E-state index contributed by atoms with van der Waals surface area (Å²) in [6.07, 6.45) is 5.98. The van der Waals surface area contributed by atoms with Crippen LogP contribution in [0.4, 0.5) is 0 Å². The van der Waals surface area contributed by atoms with E-state index in [1.807, 2.05) is 0 Å². The van der Waals surface area contributed by atoms with E-state index in [0.29, 0.717) is 18.4 Å². The van der Waals surface area contributed by atoms with E-state index in [0.717, 1.165) is 19.3 Å². The maximum Gasteiger partial charge on any atom is 0.235 e. The molecule has 1 aliphatic rings. The Labute approximate surface area is 83.1 Å². The summed E-state index contributed by atoms with van der Waals surface area (Å²) < 4.78 is 0. The standard InChI is InChI=1S/C10H14N2O2/c1-8-2-9(5-11-6-13)4-10(3-8)12-7-14/h8-10H,2-5H2,1H3. The first kappa shape index (κ1) is 10.8. The van der Waals surface area contributed by atoms with Crippen LogP contribution >= 0.6 is 0 Å². The first-order chi connectivity index (χ1) is 6.76. The first-order valence-corrected chi connectivity index (χ1v) is 4.86. The topological polar surface area (TPSA) is 58.9 Å². The van der Waals surface area contributed by atoms with Gasteiger partial charge in [0.1, 0.15) is 0 Å². The van der Waals surface area contributed by atoms with Crippen LogP contribution < -0.4 is 0 Å². The second kappa shape index (κ2) is 5.48. The maximum atomic E-state index is 10.1. The molecule has 0 aromatic carbocycles. The van der Waals surface area contributed by atoms with Crippen molar-refractivity contribution in [3.8, 4) is 0 Å². The summed E-state index contributed by atoms with van der Waals surface area (Å²) in [5.41, 5.74) is 0. The number of aliphatic imine (C=N–C) groups is 2. The molecular weight excluding hydrogens is 180 g/mol. The van der Waals surface area contributed by atoms with Crippen LogP contribution in [-0.2, 0) is 9.59 Å². The van der Waals surface area contributed by atoms with Crippen molar-refractivity contribution in [1.82, 2.24) is 0 Å². The van der Waals surface area contributed by atoms with E-state index in [9.17, 15) is 9.59 Å². The Bertz CT molecular complexity index is 278. The molecule has 0 heterocycles. The molecule has 0 saturated heterocycles. The van der Waals surface area contributed by atoms with Crippen LogP contribution in [0.1, 0.15) is 26.2 Å². The van der Waals surface area contributed by atoms with E-state index < -0.39 is 0 Å². The highest BCUT2D eigenvalue weighted by Gasteiger charge is 2.25. The highest BCUT2D eigenvalue weighted by molar-refractivity contribution is 5.34. The molecule has 1 aliphatic carbocycles. The molecular formula is C10H14N2O2. The number of isocyanates is 2. The lowest BCUT2D eigenvalue weighted by molar-refractivity contribution is 0.260. The molecule has 0 amide bonds. The van der Waals surface area contributed by atoms with Gasteiger partial charge in [-0.3, -0.25) is 0 Å². The first-order valence-electron chi connectivity index (χ1n) is 4.86. The summed E-state index contributed by atoms with van der Waals surface area (Å²) in [5.74, 6) is 0.903. The van der Waals surface area contributed by atoms with Gasteiger partial charge in [-0.1, -0.05) is 6.92 Å². The molecule has 0 aromatic rings. The predicted octanol–water partition coefficient (Wildman–Crippen LogP) is 1.46. The minimum Gasteiger partial charge on any atom is -0.211 e. The van der Waals surface area contributed by atoms with Crippen molar-refractivity contribution >= 4 is 12.2 Å². The van der Waals surface area contributed by atoms with Crippen LogP contribution in [0.15, 0.2) is 9.98 Å². The molecule has 0 N–H and O–H groups in total. The van der Waals surface area contributed by atoms with Gasteiger partial charge in [-0.25, -0.2) is 19.6 Å².